The summed E-state index contributed by atoms with van der Waals surface area (Å²) in [4.78, 5) is 2.45. The van der Waals surface area contributed by atoms with Gasteiger partial charge in [-0.05, 0) is 38.0 Å². The standard InChI is InChI=1S/C16H21N3O3S/c1-12-4-5-13(2)15(10-12)23(20,21)19-8-6-18(7-9-19)16-11-14(3)22-17-16/h4-5,10-11H,6-9H2,1-3H3. The third kappa shape index (κ3) is 3.11. The average molecular weight is 335 g/mol. The van der Waals surface area contributed by atoms with Gasteiger partial charge in [0.25, 0.3) is 0 Å². The van der Waals surface area contributed by atoms with Crippen LogP contribution in [-0.2, 0) is 10.0 Å². The molecule has 1 aromatic heterocycles. The molecule has 1 fully saturated rings. The Balaban J connectivity index is 1.77. The summed E-state index contributed by atoms with van der Waals surface area (Å²) in [6, 6.07) is 7.41. The van der Waals surface area contributed by atoms with Crippen molar-refractivity contribution in [1.29, 1.82) is 0 Å². The van der Waals surface area contributed by atoms with E-state index < -0.39 is 10.0 Å². The fourth-order valence-electron chi connectivity index (χ4n) is 2.78. The van der Waals surface area contributed by atoms with E-state index in [1.54, 1.807) is 10.4 Å². The first-order chi connectivity index (χ1) is 10.9. The van der Waals surface area contributed by atoms with Crippen LogP contribution >= 0.6 is 0 Å². The summed E-state index contributed by atoms with van der Waals surface area (Å²) < 4.78 is 32.4. The summed E-state index contributed by atoms with van der Waals surface area (Å²) >= 11 is 0. The van der Waals surface area contributed by atoms with Gasteiger partial charge in [0, 0.05) is 32.2 Å². The molecule has 6 nitrogen and oxygen atoms in total. The van der Waals surface area contributed by atoms with Gasteiger partial charge in [0.15, 0.2) is 5.82 Å². The number of piperazine rings is 1. The zero-order chi connectivity index (χ0) is 16.6. The lowest BCUT2D eigenvalue weighted by Gasteiger charge is -2.34. The van der Waals surface area contributed by atoms with Gasteiger partial charge >= 0.3 is 0 Å². The molecule has 124 valence electrons. The Morgan fingerprint density at radius 1 is 1.04 bits per heavy atom. The van der Waals surface area contributed by atoms with Crippen LogP contribution in [0.1, 0.15) is 16.9 Å². The normalized spacial score (nSPS) is 16.7. The minimum absolute atomic E-state index is 0.406. The van der Waals surface area contributed by atoms with Crippen molar-refractivity contribution in [2.75, 3.05) is 31.1 Å². The number of anilines is 1. The number of aryl methyl sites for hydroxylation is 3. The summed E-state index contributed by atoms with van der Waals surface area (Å²) in [5.41, 5.74) is 1.73. The number of benzene rings is 1. The SMILES string of the molecule is Cc1ccc(C)c(S(=O)(=O)N2CCN(c3cc(C)on3)CC2)c1. The Morgan fingerprint density at radius 2 is 1.74 bits per heavy atom. The first-order valence-electron chi connectivity index (χ1n) is 7.63. The Kier molecular flexibility index (Phi) is 4.16. The van der Waals surface area contributed by atoms with Crippen LogP contribution in [0.2, 0.25) is 0 Å². The lowest BCUT2D eigenvalue weighted by atomic mass is 10.2. The maximum absolute atomic E-state index is 12.9. The minimum Gasteiger partial charge on any atom is -0.360 e. The van der Waals surface area contributed by atoms with E-state index >= 15 is 0 Å². The lowest BCUT2D eigenvalue weighted by molar-refractivity contribution is 0.371. The van der Waals surface area contributed by atoms with Gasteiger partial charge in [0.2, 0.25) is 10.0 Å². The monoisotopic (exact) mass is 335 g/mol. The highest BCUT2D eigenvalue weighted by molar-refractivity contribution is 7.89. The van der Waals surface area contributed by atoms with Crippen molar-refractivity contribution in [1.82, 2.24) is 9.46 Å². The maximum Gasteiger partial charge on any atom is 0.243 e. The van der Waals surface area contributed by atoms with E-state index in [0.29, 0.717) is 31.1 Å². The van der Waals surface area contributed by atoms with Crippen molar-refractivity contribution < 1.29 is 12.9 Å². The molecule has 0 unspecified atom stereocenters. The highest BCUT2D eigenvalue weighted by Crippen LogP contribution is 2.24. The zero-order valence-corrected chi connectivity index (χ0v) is 14.4. The van der Waals surface area contributed by atoms with Crippen LogP contribution in [-0.4, -0.2) is 44.1 Å². The average Bonchev–Trinajstić information content (AvgIpc) is 2.96. The molecule has 0 atom stereocenters. The molecule has 2 aromatic rings. The fourth-order valence-corrected chi connectivity index (χ4v) is 4.52. The molecule has 0 saturated carbocycles. The van der Waals surface area contributed by atoms with E-state index in [9.17, 15) is 8.42 Å². The molecule has 0 aliphatic carbocycles. The summed E-state index contributed by atoms with van der Waals surface area (Å²) in [6.45, 7) is 7.69. The van der Waals surface area contributed by atoms with E-state index in [4.69, 9.17) is 4.52 Å². The lowest BCUT2D eigenvalue weighted by Crippen LogP contribution is -2.48. The van der Waals surface area contributed by atoms with Gasteiger partial charge in [-0.15, -0.1) is 0 Å². The number of rotatable bonds is 3. The molecule has 1 aliphatic heterocycles. The number of nitrogens with zero attached hydrogens (tertiary/aromatic N) is 3. The Morgan fingerprint density at radius 3 is 2.35 bits per heavy atom. The van der Waals surface area contributed by atoms with Gasteiger partial charge in [-0.2, -0.15) is 4.31 Å². The molecular formula is C16H21N3O3S. The molecule has 1 aromatic carbocycles. The summed E-state index contributed by atoms with van der Waals surface area (Å²) in [5, 5.41) is 3.99. The largest absolute Gasteiger partial charge is 0.360 e. The second-order valence-electron chi connectivity index (χ2n) is 5.96. The Bertz CT molecular complexity index is 806. The first kappa shape index (κ1) is 16.0. The number of aromatic nitrogens is 1. The molecule has 0 N–H and O–H groups in total. The minimum atomic E-state index is -3.45. The molecule has 0 spiro atoms. The van der Waals surface area contributed by atoms with Crippen molar-refractivity contribution in [2.45, 2.75) is 25.7 Å². The van der Waals surface area contributed by atoms with Crippen molar-refractivity contribution in [3.8, 4) is 0 Å². The van der Waals surface area contributed by atoms with Crippen molar-refractivity contribution in [3.05, 3.63) is 41.2 Å². The van der Waals surface area contributed by atoms with E-state index in [2.05, 4.69) is 5.16 Å². The molecule has 23 heavy (non-hydrogen) atoms. The molecule has 1 aliphatic rings. The molecule has 0 bridgehead atoms. The van der Waals surface area contributed by atoms with Gasteiger partial charge in [0.05, 0.1) is 4.90 Å². The van der Waals surface area contributed by atoms with Crippen LogP contribution in [0.15, 0.2) is 33.7 Å². The van der Waals surface area contributed by atoms with Crippen LogP contribution in [0.4, 0.5) is 5.82 Å². The van der Waals surface area contributed by atoms with E-state index in [0.717, 1.165) is 22.7 Å². The fraction of sp³-hybridized carbons (Fsp3) is 0.438. The highest BCUT2D eigenvalue weighted by atomic mass is 32.2. The van der Waals surface area contributed by atoms with Gasteiger partial charge in [-0.1, -0.05) is 17.3 Å². The molecule has 3 rings (SSSR count). The van der Waals surface area contributed by atoms with Gasteiger partial charge < -0.3 is 9.42 Å². The number of hydrogen-bond donors (Lipinski definition) is 0. The van der Waals surface area contributed by atoms with Crippen molar-refractivity contribution >= 4 is 15.8 Å². The smallest absolute Gasteiger partial charge is 0.243 e. The summed E-state index contributed by atoms with van der Waals surface area (Å²) in [5.74, 6) is 1.52. The summed E-state index contributed by atoms with van der Waals surface area (Å²) in [6.07, 6.45) is 0. The quantitative estimate of drug-likeness (QED) is 0.859. The van der Waals surface area contributed by atoms with Gasteiger partial charge in [-0.3, -0.25) is 0 Å². The van der Waals surface area contributed by atoms with E-state index in [-0.39, 0.29) is 0 Å². The predicted molar refractivity (Wildman–Crippen MR) is 88.1 cm³/mol. The Labute approximate surface area is 136 Å². The molecule has 2 heterocycles. The van der Waals surface area contributed by atoms with Gasteiger partial charge in [0.1, 0.15) is 5.76 Å². The molecule has 7 heteroatoms. The third-order valence-electron chi connectivity index (χ3n) is 4.14. The number of sulfonamides is 1. The van der Waals surface area contributed by atoms with Crippen LogP contribution in [0, 0.1) is 20.8 Å². The molecule has 0 radical (unpaired) electrons. The highest BCUT2D eigenvalue weighted by Gasteiger charge is 2.30. The predicted octanol–water partition coefficient (Wildman–Crippen LogP) is 2.11. The second-order valence-corrected chi connectivity index (χ2v) is 7.86. The second kappa shape index (κ2) is 5.98. The van der Waals surface area contributed by atoms with Crippen LogP contribution in [0.5, 0.6) is 0 Å². The van der Waals surface area contributed by atoms with Crippen molar-refractivity contribution in [3.63, 3.8) is 0 Å². The van der Waals surface area contributed by atoms with Crippen molar-refractivity contribution in [2.24, 2.45) is 0 Å². The first-order valence-corrected chi connectivity index (χ1v) is 9.07. The van der Waals surface area contributed by atoms with E-state index in [1.807, 2.05) is 43.9 Å². The molecule has 0 amide bonds. The molecular weight excluding hydrogens is 314 g/mol. The van der Waals surface area contributed by atoms with Crippen LogP contribution in [0.3, 0.4) is 0 Å². The maximum atomic E-state index is 12.9. The molecule has 1 saturated heterocycles. The third-order valence-corrected chi connectivity index (χ3v) is 6.18. The van der Waals surface area contributed by atoms with Gasteiger partial charge in [-0.25, -0.2) is 8.42 Å². The zero-order valence-electron chi connectivity index (χ0n) is 13.6. The van der Waals surface area contributed by atoms with E-state index in [1.165, 1.54) is 0 Å². The summed E-state index contributed by atoms with van der Waals surface area (Å²) in [7, 11) is -3.45. The topological polar surface area (TPSA) is 66.7 Å². The Hall–Kier alpha value is -1.86. The van der Waals surface area contributed by atoms with Crippen LogP contribution < -0.4 is 4.90 Å². The number of hydrogen-bond acceptors (Lipinski definition) is 5. The van der Waals surface area contributed by atoms with Crippen LogP contribution in [0.25, 0.3) is 0 Å².